The van der Waals surface area contributed by atoms with Gasteiger partial charge in [0.05, 0.1) is 19.8 Å². The lowest BCUT2D eigenvalue weighted by Gasteiger charge is -2.42. The highest BCUT2D eigenvalue weighted by molar-refractivity contribution is 5.69. The Morgan fingerprint density at radius 2 is 1.26 bits per heavy atom. The van der Waals surface area contributed by atoms with Gasteiger partial charge in [0, 0.05) is 13.3 Å². The van der Waals surface area contributed by atoms with Gasteiger partial charge in [-0.25, -0.2) is 0 Å². The van der Waals surface area contributed by atoms with Gasteiger partial charge in [0.15, 0.2) is 18.7 Å². The van der Waals surface area contributed by atoms with Crippen molar-refractivity contribution in [1.82, 2.24) is 0 Å². The van der Waals surface area contributed by atoms with Crippen LogP contribution in [-0.4, -0.2) is 142 Å². The van der Waals surface area contributed by atoms with Crippen molar-refractivity contribution in [1.29, 1.82) is 0 Å². The molecule has 2 saturated heterocycles. The molecular weight excluding hydrogens is 564 g/mol. The van der Waals surface area contributed by atoms with Crippen molar-refractivity contribution in [3.63, 3.8) is 0 Å². The first-order valence-electron chi connectivity index (χ1n) is 14.6. The van der Waals surface area contributed by atoms with E-state index in [0.29, 0.717) is 6.42 Å². The van der Waals surface area contributed by atoms with Crippen LogP contribution in [0.4, 0.5) is 0 Å². The Balaban J connectivity index is 1.90. The van der Waals surface area contributed by atoms with Crippen LogP contribution >= 0.6 is 0 Å². The summed E-state index contributed by atoms with van der Waals surface area (Å²) in [5, 5.41) is 70.4. The summed E-state index contributed by atoms with van der Waals surface area (Å²) >= 11 is 0. The predicted molar refractivity (Wildman–Crippen MR) is 141 cm³/mol. The molecule has 0 aliphatic carbocycles. The number of aliphatic hydroxyl groups is 7. The second-order valence-corrected chi connectivity index (χ2v) is 10.7. The fourth-order valence-corrected chi connectivity index (χ4v) is 4.59. The van der Waals surface area contributed by atoms with E-state index >= 15 is 0 Å². The minimum absolute atomic E-state index is 0.162. The molecule has 0 bridgehead atoms. The maximum atomic E-state index is 12.4. The maximum Gasteiger partial charge on any atom is 0.306 e. The van der Waals surface area contributed by atoms with Gasteiger partial charge in [-0.1, -0.05) is 45.4 Å². The monoisotopic (exact) mass is 612 g/mol. The number of hydrogen-bond donors (Lipinski definition) is 7. The van der Waals surface area contributed by atoms with Crippen molar-refractivity contribution in [3.05, 3.63) is 0 Å². The van der Waals surface area contributed by atoms with E-state index in [4.69, 9.17) is 28.4 Å². The molecule has 11 atom stereocenters. The Bertz CT molecular complexity index is 783. The normalized spacial score (nSPS) is 34.1. The molecule has 0 spiro atoms. The van der Waals surface area contributed by atoms with Crippen LogP contribution in [0.3, 0.4) is 0 Å². The van der Waals surface area contributed by atoms with E-state index in [1.165, 1.54) is 13.3 Å². The number of carbonyl (C=O) groups is 2. The van der Waals surface area contributed by atoms with Gasteiger partial charge in [-0.3, -0.25) is 9.59 Å². The molecule has 15 heteroatoms. The van der Waals surface area contributed by atoms with E-state index in [0.717, 1.165) is 32.1 Å². The third kappa shape index (κ3) is 11.5. The first-order valence-corrected chi connectivity index (χ1v) is 14.6. The second kappa shape index (κ2) is 19.0. The first kappa shape index (κ1) is 36.7. The Labute approximate surface area is 245 Å². The highest BCUT2D eigenvalue weighted by Gasteiger charge is 2.47. The molecule has 42 heavy (non-hydrogen) atoms. The van der Waals surface area contributed by atoms with Gasteiger partial charge in [0.2, 0.25) is 0 Å². The van der Waals surface area contributed by atoms with Crippen LogP contribution in [-0.2, 0) is 38.0 Å². The lowest BCUT2D eigenvalue weighted by molar-refractivity contribution is -0.332. The summed E-state index contributed by atoms with van der Waals surface area (Å²) in [4.78, 5) is 23.7. The van der Waals surface area contributed by atoms with E-state index in [2.05, 4.69) is 6.92 Å². The zero-order valence-corrected chi connectivity index (χ0v) is 24.2. The van der Waals surface area contributed by atoms with Gasteiger partial charge in [-0.15, -0.1) is 0 Å². The molecule has 2 aliphatic heterocycles. The van der Waals surface area contributed by atoms with E-state index in [1.54, 1.807) is 0 Å². The number of carbonyl (C=O) groups excluding carboxylic acids is 2. The second-order valence-electron chi connectivity index (χ2n) is 10.7. The van der Waals surface area contributed by atoms with Gasteiger partial charge in [-0.2, -0.15) is 0 Å². The van der Waals surface area contributed by atoms with Crippen LogP contribution in [0, 0.1) is 0 Å². The molecule has 2 aliphatic rings. The molecule has 2 heterocycles. The number of ether oxygens (including phenoxy) is 6. The Morgan fingerprint density at radius 1 is 0.714 bits per heavy atom. The molecule has 15 nitrogen and oxygen atoms in total. The quantitative estimate of drug-likeness (QED) is 0.0671. The summed E-state index contributed by atoms with van der Waals surface area (Å²) in [6.45, 7) is 1.41. The van der Waals surface area contributed by atoms with Crippen molar-refractivity contribution in [2.45, 2.75) is 133 Å². The van der Waals surface area contributed by atoms with Crippen molar-refractivity contribution in [3.8, 4) is 0 Å². The van der Waals surface area contributed by atoms with Crippen molar-refractivity contribution in [2.75, 3.05) is 26.4 Å². The Kier molecular flexibility index (Phi) is 16.6. The third-order valence-corrected chi connectivity index (χ3v) is 7.14. The molecule has 11 unspecified atom stereocenters. The Hall–Kier alpha value is -1.50. The zero-order valence-electron chi connectivity index (χ0n) is 24.2. The highest BCUT2D eigenvalue weighted by atomic mass is 16.7. The van der Waals surface area contributed by atoms with E-state index in [1.807, 2.05) is 0 Å². The highest BCUT2D eigenvalue weighted by Crippen LogP contribution is 2.26. The molecule has 2 rings (SSSR count). The summed E-state index contributed by atoms with van der Waals surface area (Å²) < 4.78 is 32.1. The van der Waals surface area contributed by atoms with Gasteiger partial charge in [0.1, 0.15) is 55.4 Å². The van der Waals surface area contributed by atoms with Crippen LogP contribution in [0.2, 0.25) is 0 Å². The standard InChI is InChI=1S/C27H48O15/c1-3-4-5-6-7-8-9-10-19(30)40-16(12-37-15(2)29)13-38-26-25(36)23(34)21(32)18(42-26)14-39-27-24(35)22(33)20(31)17(11-28)41-27/h16-18,20-28,31-36H,3-14H2,1-2H3. The van der Waals surface area contributed by atoms with Gasteiger partial charge in [-0.05, 0) is 6.42 Å². The lowest BCUT2D eigenvalue weighted by Crippen LogP contribution is -2.61. The minimum Gasteiger partial charge on any atom is -0.462 e. The summed E-state index contributed by atoms with van der Waals surface area (Å²) in [5.74, 6) is -1.13. The van der Waals surface area contributed by atoms with Crippen LogP contribution in [0.5, 0.6) is 0 Å². The number of unbranched alkanes of at least 4 members (excludes halogenated alkanes) is 6. The third-order valence-electron chi connectivity index (χ3n) is 7.14. The molecule has 0 radical (unpaired) electrons. The fourth-order valence-electron chi connectivity index (χ4n) is 4.59. The average Bonchev–Trinajstić information content (AvgIpc) is 2.96. The summed E-state index contributed by atoms with van der Waals surface area (Å²) in [5.41, 5.74) is 0. The molecule has 7 N–H and O–H groups in total. The van der Waals surface area contributed by atoms with Gasteiger partial charge >= 0.3 is 11.9 Å². The molecule has 0 aromatic carbocycles. The molecule has 0 aromatic heterocycles. The largest absolute Gasteiger partial charge is 0.462 e. The van der Waals surface area contributed by atoms with Crippen LogP contribution in [0.15, 0.2) is 0 Å². The fraction of sp³-hybridized carbons (Fsp3) is 0.926. The summed E-state index contributed by atoms with van der Waals surface area (Å²) in [6, 6.07) is 0. The molecule has 0 aromatic rings. The summed E-state index contributed by atoms with van der Waals surface area (Å²) in [7, 11) is 0. The van der Waals surface area contributed by atoms with Crippen LogP contribution < -0.4 is 0 Å². The smallest absolute Gasteiger partial charge is 0.306 e. The maximum absolute atomic E-state index is 12.4. The lowest BCUT2D eigenvalue weighted by atomic mass is 9.98. The van der Waals surface area contributed by atoms with E-state index < -0.39 is 92.7 Å². The zero-order chi connectivity index (χ0) is 31.2. The van der Waals surface area contributed by atoms with E-state index in [-0.39, 0.29) is 19.6 Å². The van der Waals surface area contributed by atoms with Gasteiger partial charge < -0.3 is 64.2 Å². The molecule has 2 fully saturated rings. The van der Waals surface area contributed by atoms with Crippen molar-refractivity contribution < 1.29 is 73.8 Å². The first-order chi connectivity index (χ1) is 20.0. The number of esters is 2. The number of aliphatic hydroxyl groups excluding tert-OH is 7. The number of hydrogen-bond acceptors (Lipinski definition) is 15. The average molecular weight is 613 g/mol. The summed E-state index contributed by atoms with van der Waals surface area (Å²) in [6.07, 6.45) is -9.51. The van der Waals surface area contributed by atoms with Gasteiger partial charge in [0.25, 0.3) is 0 Å². The van der Waals surface area contributed by atoms with Crippen LogP contribution in [0.1, 0.15) is 65.2 Å². The van der Waals surface area contributed by atoms with Crippen molar-refractivity contribution >= 4 is 11.9 Å². The Morgan fingerprint density at radius 3 is 1.86 bits per heavy atom. The molecule has 246 valence electrons. The molecular formula is C27H48O15. The topological polar surface area (TPSA) is 231 Å². The van der Waals surface area contributed by atoms with Crippen LogP contribution in [0.25, 0.3) is 0 Å². The van der Waals surface area contributed by atoms with Crippen molar-refractivity contribution in [2.24, 2.45) is 0 Å². The minimum atomic E-state index is -1.75. The SMILES string of the molecule is CCCCCCCCCC(=O)OC(COC(C)=O)COC1OC(COC2OC(CO)C(O)C(O)C2O)C(O)C(O)C1O. The molecule has 0 saturated carbocycles. The number of rotatable bonds is 18. The molecule has 0 amide bonds. The van der Waals surface area contributed by atoms with E-state index in [9.17, 15) is 45.3 Å². The predicted octanol–water partition coefficient (Wildman–Crippen LogP) is -1.76.